The Balaban J connectivity index is 3.89. The summed E-state index contributed by atoms with van der Waals surface area (Å²) in [5, 5.41) is 0.919. The van der Waals surface area contributed by atoms with Crippen molar-refractivity contribution in [3.05, 3.63) is 0 Å². The van der Waals surface area contributed by atoms with E-state index in [1.165, 1.54) is 0 Å². The van der Waals surface area contributed by atoms with Crippen LogP contribution in [0, 0.1) is 5.92 Å². The summed E-state index contributed by atoms with van der Waals surface area (Å²) in [4.78, 5) is 0. The zero-order valence-electron chi connectivity index (χ0n) is 9.13. The quantitative estimate of drug-likeness (QED) is 0.642. The maximum absolute atomic E-state index is 11.4. The van der Waals surface area contributed by atoms with Gasteiger partial charge in [-0.1, -0.05) is 36.2 Å². The Kier molecular flexibility index (Phi) is 7.92. The fourth-order valence-electron chi connectivity index (χ4n) is 1.47. The van der Waals surface area contributed by atoms with Crippen LogP contribution in [-0.4, -0.2) is 25.3 Å². The van der Waals surface area contributed by atoms with Gasteiger partial charge in [-0.05, 0) is 25.2 Å². The van der Waals surface area contributed by atoms with Gasteiger partial charge in [-0.25, -0.2) is 8.42 Å². The SMILES string of the molecule is CCCC(CBr)CCS(=O)(=O)CCC. The molecule has 0 bridgehead atoms. The second-order valence-corrected chi connectivity index (χ2v) is 6.70. The Morgan fingerprint density at radius 2 is 1.71 bits per heavy atom. The lowest BCUT2D eigenvalue weighted by Crippen LogP contribution is -2.14. The molecule has 0 aromatic carbocycles. The zero-order chi connectivity index (χ0) is 11.0. The van der Waals surface area contributed by atoms with E-state index in [1.54, 1.807) is 0 Å². The molecule has 0 aromatic heterocycles. The number of hydrogen-bond acceptors (Lipinski definition) is 2. The average Bonchev–Trinajstić information content (AvgIpc) is 2.12. The number of rotatable bonds is 8. The van der Waals surface area contributed by atoms with Crippen molar-refractivity contribution >= 4 is 25.8 Å². The lowest BCUT2D eigenvalue weighted by atomic mass is 10.0. The molecule has 0 rings (SSSR count). The Labute approximate surface area is 96.5 Å². The van der Waals surface area contributed by atoms with Crippen LogP contribution in [0.15, 0.2) is 0 Å². The average molecular weight is 285 g/mol. The van der Waals surface area contributed by atoms with Crippen LogP contribution < -0.4 is 0 Å². The summed E-state index contributed by atoms with van der Waals surface area (Å²) in [6.45, 7) is 4.04. The van der Waals surface area contributed by atoms with Gasteiger partial charge in [-0.15, -0.1) is 0 Å². The van der Waals surface area contributed by atoms with Gasteiger partial charge in [0.2, 0.25) is 0 Å². The molecule has 0 aliphatic heterocycles. The third-order valence-corrected chi connectivity index (χ3v) is 5.07. The fraction of sp³-hybridized carbons (Fsp3) is 1.00. The van der Waals surface area contributed by atoms with Crippen molar-refractivity contribution in [2.75, 3.05) is 16.8 Å². The van der Waals surface area contributed by atoms with E-state index in [-0.39, 0.29) is 0 Å². The fourth-order valence-corrected chi connectivity index (χ4v) is 3.63. The number of alkyl halides is 1. The van der Waals surface area contributed by atoms with Crippen molar-refractivity contribution in [3.8, 4) is 0 Å². The minimum atomic E-state index is -2.78. The van der Waals surface area contributed by atoms with E-state index in [0.29, 0.717) is 17.4 Å². The molecule has 0 N–H and O–H groups in total. The lowest BCUT2D eigenvalue weighted by molar-refractivity contribution is 0.513. The maximum atomic E-state index is 11.4. The van der Waals surface area contributed by atoms with Crippen LogP contribution in [0.3, 0.4) is 0 Å². The smallest absolute Gasteiger partial charge is 0.150 e. The molecule has 1 unspecified atom stereocenters. The van der Waals surface area contributed by atoms with Crippen LogP contribution in [0.4, 0.5) is 0 Å². The van der Waals surface area contributed by atoms with E-state index in [4.69, 9.17) is 0 Å². The molecule has 0 aliphatic carbocycles. The summed E-state index contributed by atoms with van der Waals surface area (Å²) >= 11 is 3.43. The van der Waals surface area contributed by atoms with E-state index in [1.807, 2.05) is 6.92 Å². The summed E-state index contributed by atoms with van der Waals surface area (Å²) in [6.07, 6.45) is 3.79. The standard InChI is InChI=1S/C10H21BrO2S/c1-3-5-10(9-11)6-8-14(12,13)7-4-2/h10H,3-9H2,1-2H3. The molecule has 0 radical (unpaired) electrons. The highest BCUT2D eigenvalue weighted by Gasteiger charge is 2.13. The Bertz CT molecular complexity index is 224. The van der Waals surface area contributed by atoms with E-state index >= 15 is 0 Å². The van der Waals surface area contributed by atoms with Crippen LogP contribution in [0.5, 0.6) is 0 Å². The first-order valence-corrected chi connectivity index (χ1v) is 8.26. The molecule has 14 heavy (non-hydrogen) atoms. The van der Waals surface area contributed by atoms with Gasteiger partial charge in [0.25, 0.3) is 0 Å². The Morgan fingerprint density at radius 1 is 1.07 bits per heavy atom. The van der Waals surface area contributed by atoms with Crippen molar-refractivity contribution in [1.29, 1.82) is 0 Å². The lowest BCUT2D eigenvalue weighted by Gasteiger charge is -2.12. The van der Waals surface area contributed by atoms with E-state index in [0.717, 1.165) is 31.0 Å². The van der Waals surface area contributed by atoms with E-state index < -0.39 is 9.84 Å². The third kappa shape index (κ3) is 6.82. The van der Waals surface area contributed by atoms with Crippen molar-refractivity contribution in [2.45, 2.75) is 39.5 Å². The molecular weight excluding hydrogens is 264 g/mol. The molecule has 0 amide bonds. The minimum Gasteiger partial charge on any atom is -0.229 e. The van der Waals surface area contributed by atoms with Gasteiger partial charge in [0.05, 0.1) is 5.75 Å². The van der Waals surface area contributed by atoms with Crippen LogP contribution in [0.2, 0.25) is 0 Å². The molecule has 0 aromatic rings. The highest BCUT2D eigenvalue weighted by Crippen LogP contribution is 2.15. The first-order chi connectivity index (χ1) is 6.55. The van der Waals surface area contributed by atoms with E-state index in [9.17, 15) is 8.42 Å². The van der Waals surface area contributed by atoms with Gasteiger partial charge in [0, 0.05) is 11.1 Å². The molecule has 0 saturated heterocycles. The summed E-state index contributed by atoms with van der Waals surface area (Å²) < 4.78 is 22.9. The molecule has 0 fully saturated rings. The number of halogens is 1. The summed E-state index contributed by atoms with van der Waals surface area (Å²) in [5.74, 6) is 1.22. The Hall–Kier alpha value is 0.430. The first-order valence-electron chi connectivity index (χ1n) is 5.32. The van der Waals surface area contributed by atoms with Crippen molar-refractivity contribution < 1.29 is 8.42 Å². The number of hydrogen-bond donors (Lipinski definition) is 0. The molecule has 4 heteroatoms. The summed E-state index contributed by atoms with van der Waals surface area (Å²) in [5.41, 5.74) is 0. The van der Waals surface area contributed by atoms with Gasteiger partial charge >= 0.3 is 0 Å². The number of sulfone groups is 1. The predicted octanol–water partition coefficient (Wildman–Crippen LogP) is 3.01. The van der Waals surface area contributed by atoms with E-state index in [2.05, 4.69) is 22.9 Å². The molecule has 1 atom stereocenters. The molecule has 0 heterocycles. The van der Waals surface area contributed by atoms with Gasteiger partial charge in [0.15, 0.2) is 0 Å². The monoisotopic (exact) mass is 284 g/mol. The molecule has 0 spiro atoms. The molecule has 2 nitrogen and oxygen atoms in total. The maximum Gasteiger partial charge on any atom is 0.150 e. The zero-order valence-corrected chi connectivity index (χ0v) is 11.5. The molecule has 0 aliphatic rings. The van der Waals surface area contributed by atoms with Crippen molar-refractivity contribution in [3.63, 3.8) is 0 Å². The topological polar surface area (TPSA) is 34.1 Å². The molecular formula is C10H21BrO2S. The van der Waals surface area contributed by atoms with Crippen LogP contribution in [0.1, 0.15) is 39.5 Å². The van der Waals surface area contributed by atoms with Gasteiger partial charge < -0.3 is 0 Å². The van der Waals surface area contributed by atoms with Gasteiger partial charge in [-0.2, -0.15) is 0 Å². The summed E-state index contributed by atoms with van der Waals surface area (Å²) in [7, 11) is -2.78. The van der Waals surface area contributed by atoms with Crippen LogP contribution >= 0.6 is 15.9 Å². The second kappa shape index (κ2) is 7.69. The third-order valence-electron chi connectivity index (χ3n) is 2.27. The normalized spacial score (nSPS) is 14.2. The highest BCUT2D eigenvalue weighted by molar-refractivity contribution is 9.09. The van der Waals surface area contributed by atoms with Gasteiger partial charge in [-0.3, -0.25) is 0 Å². The summed E-state index contributed by atoms with van der Waals surface area (Å²) in [6, 6.07) is 0. The Morgan fingerprint density at radius 3 is 2.14 bits per heavy atom. The molecule has 0 saturated carbocycles. The highest BCUT2D eigenvalue weighted by atomic mass is 79.9. The predicted molar refractivity (Wildman–Crippen MR) is 65.8 cm³/mol. The van der Waals surface area contributed by atoms with Gasteiger partial charge in [0.1, 0.15) is 9.84 Å². The second-order valence-electron chi connectivity index (χ2n) is 3.75. The molecule has 86 valence electrons. The first kappa shape index (κ1) is 14.4. The van der Waals surface area contributed by atoms with Crippen molar-refractivity contribution in [1.82, 2.24) is 0 Å². The minimum absolute atomic E-state index is 0.341. The van der Waals surface area contributed by atoms with Crippen molar-refractivity contribution in [2.24, 2.45) is 5.92 Å². The van der Waals surface area contributed by atoms with Crippen LogP contribution in [0.25, 0.3) is 0 Å². The largest absolute Gasteiger partial charge is 0.229 e. The van der Waals surface area contributed by atoms with Crippen LogP contribution in [-0.2, 0) is 9.84 Å².